The fourth-order valence-corrected chi connectivity index (χ4v) is 3.99. The van der Waals surface area contributed by atoms with E-state index < -0.39 is 0 Å². The normalized spacial score (nSPS) is 11.5. The van der Waals surface area contributed by atoms with Gasteiger partial charge in [-0.2, -0.15) is 0 Å². The quantitative estimate of drug-likeness (QED) is 0.528. The standard InChI is InChI=1S/C24H24N2O2S/c1-18(27)26-21-14-12-19(13-15-21)16-17-25-24(28)23(20-8-4-2-5-9-20)29-22-10-6-3-7-11-22/h2-15,23H,16-17H2,1H3,(H,25,28)(H,26,27). The molecule has 3 aromatic carbocycles. The molecule has 2 N–H and O–H groups in total. The first-order valence-electron chi connectivity index (χ1n) is 9.53. The van der Waals surface area contributed by atoms with Crippen molar-refractivity contribution in [3.63, 3.8) is 0 Å². The minimum Gasteiger partial charge on any atom is -0.355 e. The van der Waals surface area contributed by atoms with E-state index in [4.69, 9.17) is 0 Å². The highest BCUT2D eigenvalue weighted by atomic mass is 32.2. The summed E-state index contributed by atoms with van der Waals surface area (Å²) in [6.07, 6.45) is 0.726. The molecule has 0 fully saturated rings. The van der Waals surface area contributed by atoms with Gasteiger partial charge >= 0.3 is 0 Å². The molecule has 0 aromatic heterocycles. The van der Waals surface area contributed by atoms with Crippen LogP contribution in [0, 0.1) is 0 Å². The molecular weight excluding hydrogens is 380 g/mol. The van der Waals surface area contributed by atoms with E-state index in [9.17, 15) is 9.59 Å². The highest BCUT2D eigenvalue weighted by Crippen LogP contribution is 2.35. The molecule has 1 unspecified atom stereocenters. The summed E-state index contributed by atoms with van der Waals surface area (Å²) in [4.78, 5) is 25.1. The highest BCUT2D eigenvalue weighted by Gasteiger charge is 2.21. The van der Waals surface area contributed by atoms with Crippen LogP contribution in [0.5, 0.6) is 0 Å². The second kappa shape index (κ2) is 10.5. The smallest absolute Gasteiger partial charge is 0.238 e. The lowest BCUT2D eigenvalue weighted by Gasteiger charge is -2.17. The van der Waals surface area contributed by atoms with E-state index in [-0.39, 0.29) is 17.1 Å². The van der Waals surface area contributed by atoms with Gasteiger partial charge in [0.2, 0.25) is 11.8 Å². The van der Waals surface area contributed by atoms with Gasteiger partial charge < -0.3 is 10.6 Å². The minimum atomic E-state index is -0.305. The molecule has 0 aliphatic heterocycles. The van der Waals surface area contributed by atoms with E-state index in [1.54, 1.807) is 11.8 Å². The average Bonchev–Trinajstić information content (AvgIpc) is 2.74. The molecule has 0 radical (unpaired) electrons. The van der Waals surface area contributed by atoms with Crippen LogP contribution in [0.4, 0.5) is 5.69 Å². The SMILES string of the molecule is CC(=O)Nc1ccc(CCNC(=O)C(Sc2ccccc2)c2ccccc2)cc1. The molecule has 29 heavy (non-hydrogen) atoms. The fraction of sp³-hybridized carbons (Fsp3) is 0.167. The molecule has 2 amide bonds. The van der Waals surface area contributed by atoms with E-state index in [0.29, 0.717) is 6.54 Å². The number of hydrogen-bond acceptors (Lipinski definition) is 3. The van der Waals surface area contributed by atoms with Crippen molar-refractivity contribution in [1.82, 2.24) is 5.32 Å². The molecule has 0 aliphatic carbocycles. The number of rotatable bonds is 8. The van der Waals surface area contributed by atoms with Crippen LogP contribution in [0.1, 0.15) is 23.3 Å². The molecule has 0 saturated heterocycles. The predicted molar refractivity (Wildman–Crippen MR) is 119 cm³/mol. The van der Waals surface area contributed by atoms with Crippen molar-refractivity contribution >= 4 is 29.3 Å². The maximum Gasteiger partial charge on any atom is 0.238 e. The van der Waals surface area contributed by atoms with Gasteiger partial charge in [0, 0.05) is 24.1 Å². The lowest BCUT2D eigenvalue weighted by atomic mass is 10.1. The summed E-state index contributed by atoms with van der Waals surface area (Å²) < 4.78 is 0. The lowest BCUT2D eigenvalue weighted by molar-refractivity contribution is -0.120. The molecule has 0 aliphatic rings. The van der Waals surface area contributed by atoms with Crippen LogP contribution < -0.4 is 10.6 Å². The first kappa shape index (κ1) is 20.7. The van der Waals surface area contributed by atoms with E-state index in [1.165, 1.54) is 6.92 Å². The Morgan fingerprint density at radius 3 is 2.10 bits per heavy atom. The van der Waals surface area contributed by atoms with Crippen LogP contribution in [-0.2, 0) is 16.0 Å². The van der Waals surface area contributed by atoms with Gasteiger partial charge in [-0.3, -0.25) is 9.59 Å². The Kier molecular flexibility index (Phi) is 7.47. The van der Waals surface area contributed by atoms with Gasteiger partial charge in [-0.05, 0) is 41.8 Å². The number of carbonyl (C=O) groups excluding carboxylic acids is 2. The number of benzene rings is 3. The van der Waals surface area contributed by atoms with E-state index in [1.807, 2.05) is 84.9 Å². The summed E-state index contributed by atoms with van der Waals surface area (Å²) in [5, 5.41) is 5.51. The molecule has 0 bridgehead atoms. The van der Waals surface area contributed by atoms with Crippen LogP contribution in [-0.4, -0.2) is 18.4 Å². The van der Waals surface area contributed by atoms with Gasteiger partial charge in [-0.15, -0.1) is 11.8 Å². The van der Waals surface area contributed by atoms with Gasteiger partial charge in [0.15, 0.2) is 0 Å². The molecule has 5 heteroatoms. The molecular formula is C24H24N2O2S. The summed E-state index contributed by atoms with van der Waals surface area (Å²) in [7, 11) is 0. The van der Waals surface area contributed by atoms with Crippen LogP contribution in [0.25, 0.3) is 0 Å². The monoisotopic (exact) mass is 404 g/mol. The topological polar surface area (TPSA) is 58.2 Å². The third-order valence-corrected chi connectivity index (χ3v) is 5.59. The first-order valence-corrected chi connectivity index (χ1v) is 10.4. The number of anilines is 1. The number of thioether (sulfide) groups is 1. The van der Waals surface area contributed by atoms with Gasteiger partial charge in [0.25, 0.3) is 0 Å². The van der Waals surface area contributed by atoms with Gasteiger partial charge in [-0.25, -0.2) is 0 Å². The Hall–Kier alpha value is -3.05. The van der Waals surface area contributed by atoms with Gasteiger partial charge in [-0.1, -0.05) is 60.7 Å². The Balaban J connectivity index is 1.60. The van der Waals surface area contributed by atoms with Crippen molar-refractivity contribution in [3.05, 3.63) is 96.1 Å². The van der Waals surface area contributed by atoms with E-state index in [0.717, 1.165) is 28.1 Å². The van der Waals surface area contributed by atoms with Crippen molar-refractivity contribution in [2.75, 3.05) is 11.9 Å². The summed E-state index contributed by atoms with van der Waals surface area (Å²) >= 11 is 1.55. The molecule has 0 saturated carbocycles. The molecule has 3 aromatic rings. The largest absolute Gasteiger partial charge is 0.355 e. The van der Waals surface area contributed by atoms with Crippen molar-refractivity contribution < 1.29 is 9.59 Å². The van der Waals surface area contributed by atoms with E-state index >= 15 is 0 Å². The maximum absolute atomic E-state index is 12.9. The average molecular weight is 405 g/mol. The van der Waals surface area contributed by atoms with Crippen LogP contribution >= 0.6 is 11.8 Å². The van der Waals surface area contributed by atoms with Gasteiger partial charge in [0.1, 0.15) is 5.25 Å². The highest BCUT2D eigenvalue weighted by molar-refractivity contribution is 8.00. The zero-order chi connectivity index (χ0) is 20.5. The Morgan fingerprint density at radius 2 is 1.48 bits per heavy atom. The molecule has 4 nitrogen and oxygen atoms in total. The van der Waals surface area contributed by atoms with Crippen molar-refractivity contribution in [3.8, 4) is 0 Å². The molecule has 1 atom stereocenters. The lowest BCUT2D eigenvalue weighted by Crippen LogP contribution is -2.29. The van der Waals surface area contributed by atoms with Crippen LogP contribution in [0.15, 0.2) is 89.8 Å². The third kappa shape index (κ3) is 6.50. The third-order valence-electron chi connectivity index (χ3n) is 4.32. The Morgan fingerprint density at radius 1 is 0.862 bits per heavy atom. The van der Waals surface area contributed by atoms with E-state index in [2.05, 4.69) is 10.6 Å². The number of nitrogens with one attached hydrogen (secondary N) is 2. The van der Waals surface area contributed by atoms with Crippen LogP contribution in [0.3, 0.4) is 0 Å². The number of amides is 2. The Bertz CT molecular complexity index is 928. The zero-order valence-electron chi connectivity index (χ0n) is 16.3. The Labute approximate surface area is 175 Å². The summed E-state index contributed by atoms with van der Waals surface area (Å²) in [5.74, 6) is -0.0900. The molecule has 3 rings (SSSR count). The first-order chi connectivity index (χ1) is 14.1. The summed E-state index contributed by atoms with van der Waals surface area (Å²) in [6, 6.07) is 27.5. The molecule has 0 heterocycles. The second-order valence-electron chi connectivity index (χ2n) is 6.64. The maximum atomic E-state index is 12.9. The number of carbonyl (C=O) groups is 2. The predicted octanol–water partition coefficient (Wildman–Crippen LogP) is 4.84. The fourth-order valence-electron chi connectivity index (χ4n) is 2.92. The zero-order valence-corrected chi connectivity index (χ0v) is 17.1. The minimum absolute atomic E-state index is 0.0000745. The summed E-state index contributed by atoms with van der Waals surface area (Å²) in [5.41, 5.74) is 2.86. The van der Waals surface area contributed by atoms with Crippen molar-refractivity contribution in [1.29, 1.82) is 0 Å². The van der Waals surface area contributed by atoms with Gasteiger partial charge in [0.05, 0.1) is 0 Å². The molecule has 0 spiro atoms. The van der Waals surface area contributed by atoms with Crippen molar-refractivity contribution in [2.45, 2.75) is 23.5 Å². The van der Waals surface area contributed by atoms with Crippen LogP contribution in [0.2, 0.25) is 0 Å². The molecule has 148 valence electrons. The second-order valence-corrected chi connectivity index (χ2v) is 7.82. The van der Waals surface area contributed by atoms with Crippen molar-refractivity contribution in [2.24, 2.45) is 0 Å². The number of hydrogen-bond donors (Lipinski definition) is 2. The summed E-state index contributed by atoms with van der Waals surface area (Å²) in [6.45, 7) is 2.04.